The highest BCUT2D eigenvalue weighted by molar-refractivity contribution is 5.94. The van der Waals surface area contributed by atoms with E-state index in [0.717, 1.165) is 28.3 Å². The van der Waals surface area contributed by atoms with E-state index < -0.39 is 0 Å². The molecule has 0 aromatic carbocycles. The lowest BCUT2D eigenvalue weighted by molar-refractivity contribution is -0.116. The number of carbonyl (C=O) groups excluding carboxylic acids is 1. The summed E-state index contributed by atoms with van der Waals surface area (Å²) in [7, 11) is 0. The maximum absolute atomic E-state index is 12.3. The Balaban J connectivity index is 1.68. The van der Waals surface area contributed by atoms with Gasteiger partial charge < -0.3 is 5.32 Å². The minimum absolute atomic E-state index is 0.0117. The van der Waals surface area contributed by atoms with Crippen molar-refractivity contribution in [1.29, 1.82) is 0 Å². The molecule has 4 rings (SSSR count). The number of aromatic nitrogens is 5. The van der Waals surface area contributed by atoms with Crippen LogP contribution in [0.4, 0.5) is 5.82 Å². The zero-order valence-electron chi connectivity index (χ0n) is 15.2. The van der Waals surface area contributed by atoms with Crippen LogP contribution in [0.1, 0.15) is 55.6 Å². The second kappa shape index (κ2) is 6.09. The first-order valence-corrected chi connectivity index (χ1v) is 8.72. The van der Waals surface area contributed by atoms with E-state index in [4.69, 9.17) is 0 Å². The number of anilines is 1. The predicted octanol–water partition coefficient (Wildman–Crippen LogP) is 2.82. The fourth-order valence-electron chi connectivity index (χ4n) is 3.23. The van der Waals surface area contributed by atoms with Gasteiger partial charge in [-0.2, -0.15) is 10.2 Å². The molecule has 0 bridgehead atoms. The van der Waals surface area contributed by atoms with Crippen molar-refractivity contribution in [1.82, 2.24) is 25.0 Å². The first kappa shape index (κ1) is 16.5. The topological polar surface area (TPSA) is 88.5 Å². The van der Waals surface area contributed by atoms with E-state index in [1.54, 1.807) is 12.4 Å². The van der Waals surface area contributed by atoms with Gasteiger partial charge in [-0.3, -0.25) is 14.9 Å². The first-order valence-electron chi connectivity index (χ1n) is 8.72. The Kier molecular flexibility index (Phi) is 3.86. The van der Waals surface area contributed by atoms with Crippen molar-refractivity contribution in [3.8, 4) is 0 Å². The van der Waals surface area contributed by atoms with Gasteiger partial charge in [-0.15, -0.1) is 0 Å². The highest BCUT2D eigenvalue weighted by Gasteiger charge is 2.32. The van der Waals surface area contributed by atoms with E-state index in [9.17, 15) is 4.79 Å². The third-order valence-electron chi connectivity index (χ3n) is 4.69. The molecule has 134 valence electrons. The van der Waals surface area contributed by atoms with Crippen LogP contribution in [0.15, 0.2) is 36.8 Å². The quantitative estimate of drug-likeness (QED) is 0.760. The number of hydrogen-bond acceptors (Lipinski definition) is 4. The van der Waals surface area contributed by atoms with Crippen LogP contribution < -0.4 is 5.32 Å². The van der Waals surface area contributed by atoms with Crippen LogP contribution in [-0.4, -0.2) is 30.9 Å². The maximum atomic E-state index is 12.3. The molecule has 1 amide bonds. The molecule has 0 aliphatic carbocycles. The van der Waals surface area contributed by atoms with E-state index in [1.807, 2.05) is 23.0 Å². The molecular formula is C19H22N6O. The number of amides is 1. The number of rotatable bonds is 3. The van der Waals surface area contributed by atoms with Crippen LogP contribution in [-0.2, 0) is 16.8 Å². The average Bonchev–Trinajstić information content (AvgIpc) is 3.23. The first-order chi connectivity index (χ1) is 12.4. The SMILES string of the molecule is CC(C)(C)c1cc([C@H]2CC(=O)Nc3c2cnn3Cc2cccnc2)[nH]n1. The summed E-state index contributed by atoms with van der Waals surface area (Å²) in [6.45, 7) is 6.93. The molecular weight excluding hydrogens is 328 g/mol. The van der Waals surface area contributed by atoms with Gasteiger partial charge in [0.2, 0.25) is 5.91 Å². The van der Waals surface area contributed by atoms with Gasteiger partial charge in [-0.25, -0.2) is 4.68 Å². The number of H-pyrrole nitrogens is 1. The molecule has 0 fully saturated rings. The molecule has 1 atom stereocenters. The van der Waals surface area contributed by atoms with Gasteiger partial charge in [-0.05, 0) is 17.7 Å². The van der Waals surface area contributed by atoms with Crippen LogP contribution in [0.5, 0.6) is 0 Å². The third kappa shape index (κ3) is 3.00. The number of nitrogens with one attached hydrogen (secondary N) is 2. The smallest absolute Gasteiger partial charge is 0.226 e. The van der Waals surface area contributed by atoms with Gasteiger partial charge in [0.15, 0.2) is 0 Å². The van der Waals surface area contributed by atoms with Gasteiger partial charge in [0.1, 0.15) is 5.82 Å². The molecule has 26 heavy (non-hydrogen) atoms. The summed E-state index contributed by atoms with van der Waals surface area (Å²) < 4.78 is 1.82. The number of fused-ring (bicyclic) bond motifs is 1. The second-order valence-electron chi connectivity index (χ2n) is 7.73. The zero-order chi connectivity index (χ0) is 18.3. The molecule has 4 heterocycles. The standard InChI is InChI=1S/C19H22N6O/c1-19(2,3)16-8-15(23-24-16)13-7-17(26)22-18-14(13)10-21-25(18)11-12-5-4-6-20-9-12/h4-6,8-10,13H,7,11H2,1-3H3,(H,22,26)(H,23,24)/t13-/m0/s1. The Morgan fingerprint density at radius 3 is 2.85 bits per heavy atom. The van der Waals surface area contributed by atoms with Crippen molar-refractivity contribution in [3.63, 3.8) is 0 Å². The second-order valence-corrected chi connectivity index (χ2v) is 7.73. The van der Waals surface area contributed by atoms with E-state index in [-0.39, 0.29) is 17.2 Å². The highest BCUT2D eigenvalue weighted by Crippen LogP contribution is 2.37. The van der Waals surface area contributed by atoms with Gasteiger partial charge in [0, 0.05) is 41.4 Å². The Morgan fingerprint density at radius 2 is 2.15 bits per heavy atom. The summed E-state index contributed by atoms with van der Waals surface area (Å²) in [4.78, 5) is 16.5. The van der Waals surface area contributed by atoms with Gasteiger partial charge in [0.25, 0.3) is 0 Å². The highest BCUT2D eigenvalue weighted by atomic mass is 16.1. The van der Waals surface area contributed by atoms with E-state index in [0.29, 0.717) is 13.0 Å². The largest absolute Gasteiger partial charge is 0.311 e. The van der Waals surface area contributed by atoms with Crippen molar-refractivity contribution >= 4 is 11.7 Å². The molecule has 0 saturated carbocycles. The molecule has 0 radical (unpaired) electrons. The summed E-state index contributed by atoms with van der Waals surface area (Å²) in [6, 6.07) is 5.95. The van der Waals surface area contributed by atoms with Crippen molar-refractivity contribution in [2.75, 3.05) is 5.32 Å². The van der Waals surface area contributed by atoms with Crippen molar-refractivity contribution < 1.29 is 4.79 Å². The van der Waals surface area contributed by atoms with E-state index in [2.05, 4.69) is 52.4 Å². The van der Waals surface area contributed by atoms with Gasteiger partial charge >= 0.3 is 0 Å². The molecule has 1 aliphatic heterocycles. The van der Waals surface area contributed by atoms with Crippen LogP contribution >= 0.6 is 0 Å². The monoisotopic (exact) mass is 350 g/mol. The van der Waals surface area contributed by atoms with Gasteiger partial charge in [-0.1, -0.05) is 26.8 Å². The number of hydrogen-bond donors (Lipinski definition) is 2. The minimum Gasteiger partial charge on any atom is -0.311 e. The lowest BCUT2D eigenvalue weighted by atomic mass is 9.88. The fraction of sp³-hybridized carbons (Fsp3) is 0.368. The van der Waals surface area contributed by atoms with Crippen molar-refractivity contribution in [2.24, 2.45) is 0 Å². The molecule has 3 aromatic rings. The fourth-order valence-corrected chi connectivity index (χ4v) is 3.23. The Bertz CT molecular complexity index is 935. The van der Waals surface area contributed by atoms with Crippen LogP contribution in [0.2, 0.25) is 0 Å². The molecule has 7 nitrogen and oxygen atoms in total. The molecule has 0 saturated heterocycles. The minimum atomic E-state index is -0.0648. The van der Waals surface area contributed by atoms with Crippen LogP contribution in [0, 0.1) is 0 Å². The molecule has 2 N–H and O–H groups in total. The molecule has 0 unspecified atom stereocenters. The maximum Gasteiger partial charge on any atom is 0.226 e. The van der Waals surface area contributed by atoms with Crippen LogP contribution in [0.3, 0.4) is 0 Å². The van der Waals surface area contributed by atoms with Gasteiger partial charge in [0.05, 0.1) is 18.4 Å². The normalized spacial score (nSPS) is 17.0. The van der Waals surface area contributed by atoms with Crippen molar-refractivity contribution in [2.45, 2.75) is 45.1 Å². The number of carbonyl (C=O) groups is 1. The lowest BCUT2D eigenvalue weighted by Crippen LogP contribution is -2.25. The molecule has 1 aliphatic rings. The predicted molar refractivity (Wildman–Crippen MR) is 97.9 cm³/mol. The Hall–Kier alpha value is -2.96. The molecule has 0 spiro atoms. The Morgan fingerprint density at radius 1 is 1.31 bits per heavy atom. The molecule has 3 aromatic heterocycles. The van der Waals surface area contributed by atoms with E-state index in [1.165, 1.54) is 0 Å². The van der Waals surface area contributed by atoms with Crippen molar-refractivity contribution in [3.05, 3.63) is 59.3 Å². The summed E-state index contributed by atoms with van der Waals surface area (Å²) in [6.07, 6.45) is 5.77. The summed E-state index contributed by atoms with van der Waals surface area (Å²) in [5.74, 6) is 0.675. The number of pyridine rings is 1. The molecule has 7 heteroatoms. The van der Waals surface area contributed by atoms with E-state index >= 15 is 0 Å². The zero-order valence-corrected chi connectivity index (χ0v) is 15.2. The average molecular weight is 350 g/mol. The Labute approximate surface area is 151 Å². The number of aromatic amines is 1. The third-order valence-corrected chi connectivity index (χ3v) is 4.69. The number of nitrogens with zero attached hydrogens (tertiary/aromatic N) is 4. The summed E-state index contributed by atoms with van der Waals surface area (Å²) >= 11 is 0. The lowest BCUT2D eigenvalue weighted by Gasteiger charge is -2.22. The summed E-state index contributed by atoms with van der Waals surface area (Å²) in [5.41, 5.74) is 3.94. The van der Waals surface area contributed by atoms with Crippen LogP contribution in [0.25, 0.3) is 0 Å². The summed E-state index contributed by atoms with van der Waals surface area (Å²) in [5, 5.41) is 15.0.